The van der Waals surface area contributed by atoms with E-state index in [9.17, 15) is 18.0 Å². The van der Waals surface area contributed by atoms with Crippen molar-refractivity contribution < 1.29 is 22.7 Å². The van der Waals surface area contributed by atoms with Crippen LogP contribution in [0.4, 0.5) is 18.9 Å². The number of anilines is 1. The van der Waals surface area contributed by atoms with Gasteiger partial charge in [0.15, 0.2) is 0 Å². The molecule has 0 aliphatic heterocycles. The third kappa shape index (κ3) is 4.39. The SMILES string of the molecule is O=C(Nc1ccc(F)cc1F)c1cc(COc2ccc(F)cc2)cs1. The van der Waals surface area contributed by atoms with Crippen molar-refractivity contribution in [3.05, 3.63) is 81.8 Å². The van der Waals surface area contributed by atoms with Crippen molar-refractivity contribution in [2.24, 2.45) is 0 Å². The molecule has 0 saturated carbocycles. The van der Waals surface area contributed by atoms with E-state index >= 15 is 0 Å². The highest BCUT2D eigenvalue weighted by Gasteiger charge is 2.12. The predicted molar refractivity (Wildman–Crippen MR) is 89.4 cm³/mol. The Hall–Kier alpha value is -2.80. The average Bonchev–Trinajstić information content (AvgIpc) is 3.06. The van der Waals surface area contributed by atoms with Gasteiger partial charge in [0.25, 0.3) is 5.91 Å². The highest BCUT2D eigenvalue weighted by molar-refractivity contribution is 7.12. The second-order valence-electron chi connectivity index (χ2n) is 5.14. The minimum absolute atomic E-state index is 0.0936. The number of ether oxygens (including phenoxy) is 1. The zero-order valence-corrected chi connectivity index (χ0v) is 13.6. The summed E-state index contributed by atoms with van der Waals surface area (Å²) in [5.74, 6) is -1.90. The molecule has 0 bridgehead atoms. The Morgan fingerprint density at radius 3 is 2.44 bits per heavy atom. The minimum atomic E-state index is -0.843. The summed E-state index contributed by atoms with van der Waals surface area (Å²) in [6, 6.07) is 10.1. The second kappa shape index (κ2) is 7.40. The van der Waals surface area contributed by atoms with E-state index < -0.39 is 17.5 Å². The number of benzene rings is 2. The highest BCUT2D eigenvalue weighted by Crippen LogP contribution is 2.21. The van der Waals surface area contributed by atoms with Gasteiger partial charge in [-0.15, -0.1) is 11.3 Å². The Morgan fingerprint density at radius 2 is 1.72 bits per heavy atom. The number of rotatable bonds is 5. The van der Waals surface area contributed by atoms with E-state index in [1.807, 2.05) is 0 Å². The molecule has 1 heterocycles. The largest absolute Gasteiger partial charge is 0.489 e. The van der Waals surface area contributed by atoms with Crippen molar-refractivity contribution in [3.63, 3.8) is 0 Å². The Morgan fingerprint density at radius 1 is 1.00 bits per heavy atom. The van der Waals surface area contributed by atoms with E-state index in [1.54, 1.807) is 11.4 Å². The third-order valence-corrected chi connectivity index (χ3v) is 4.25. The maximum absolute atomic E-state index is 13.6. The molecule has 128 valence electrons. The number of hydrogen-bond acceptors (Lipinski definition) is 3. The second-order valence-corrected chi connectivity index (χ2v) is 6.05. The van der Waals surface area contributed by atoms with Crippen LogP contribution >= 0.6 is 11.3 Å². The molecule has 7 heteroatoms. The van der Waals surface area contributed by atoms with Crippen LogP contribution < -0.4 is 10.1 Å². The third-order valence-electron chi connectivity index (χ3n) is 3.28. The lowest BCUT2D eigenvalue weighted by atomic mass is 10.2. The average molecular weight is 363 g/mol. The lowest BCUT2D eigenvalue weighted by molar-refractivity contribution is 0.103. The summed E-state index contributed by atoms with van der Waals surface area (Å²) in [6.07, 6.45) is 0. The van der Waals surface area contributed by atoms with Crippen molar-refractivity contribution >= 4 is 22.9 Å². The number of thiophene rings is 1. The summed E-state index contributed by atoms with van der Waals surface area (Å²) in [5.41, 5.74) is 0.656. The number of hydrogen-bond donors (Lipinski definition) is 1. The van der Waals surface area contributed by atoms with Gasteiger partial charge in [0.05, 0.1) is 10.6 Å². The zero-order valence-electron chi connectivity index (χ0n) is 12.8. The van der Waals surface area contributed by atoms with Crippen LogP contribution in [0.1, 0.15) is 15.2 Å². The number of halogens is 3. The molecule has 0 radical (unpaired) electrons. The molecular formula is C18H12F3NO2S. The van der Waals surface area contributed by atoms with Crippen LogP contribution in [0.2, 0.25) is 0 Å². The highest BCUT2D eigenvalue weighted by atomic mass is 32.1. The smallest absolute Gasteiger partial charge is 0.265 e. The molecule has 1 N–H and O–H groups in total. The van der Waals surface area contributed by atoms with Crippen LogP contribution in [0.15, 0.2) is 53.9 Å². The molecule has 3 rings (SSSR count). The van der Waals surface area contributed by atoms with Crippen LogP contribution in [0.3, 0.4) is 0 Å². The van der Waals surface area contributed by atoms with E-state index in [-0.39, 0.29) is 18.1 Å². The molecule has 3 nitrogen and oxygen atoms in total. The van der Waals surface area contributed by atoms with Gasteiger partial charge < -0.3 is 10.1 Å². The van der Waals surface area contributed by atoms with Gasteiger partial charge in [0.1, 0.15) is 29.8 Å². The first-order valence-electron chi connectivity index (χ1n) is 7.23. The van der Waals surface area contributed by atoms with Crippen LogP contribution in [-0.4, -0.2) is 5.91 Å². The fourth-order valence-corrected chi connectivity index (χ4v) is 2.83. The molecule has 0 spiro atoms. The summed E-state index contributed by atoms with van der Waals surface area (Å²) in [7, 11) is 0. The molecule has 0 atom stereocenters. The van der Waals surface area contributed by atoms with Crippen LogP contribution in [0.25, 0.3) is 0 Å². The molecule has 0 unspecified atom stereocenters. The van der Waals surface area contributed by atoms with Crippen molar-refractivity contribution in [2.45, 2.75) is 6.61 Å². The van der Waals surface area contributed by atoms with Crippen molar-refractivity contribution in [2.75, 3.05) is 5.32 Å². The summed E-state index contributed by atoms with van der Waals surface area (Å²) in [6.45, 7) is 0.209. The van der Waals surface area contributed by atoms with Crippen molar-refractivity contribution in [1.29, 1.82) is 0 Å². The number of nitrogens with one attached hydrogen (secondary N) is 1. The fraction of sp³-hybridized carbons (Fsp3) is 0.0556. The predicted octanol–water partition coefficient (Wildman–Crippen LogP) is 5.00. The van der Waals surface area contributed by atoms with Gasteiger partial charge in [-0.05, 0) is 47.8 Å². The molecule has 1 amide bonds. The van der Waals surface area contributed by atoms with Gasteiger partial charge in [-0.25, -0.2) is 13.2 Å². The van der Waals surface area contributed by atoms with E-state index in [2.05, 4.69) is 5.32 Å². The first-order valence-corrected chi connectivity index (χ1v) is 8.11. The molecule has 0 aliphatic carbocycles. The Labute approximate surface area is 145 Å². The molecule has 2 aromatic carbocycles. The molecule has 0 aliphatic rings. The first kappa shape index (κ1) is 17.0. The normalized spacial score (nSPS) is 10.5. The molecule has 25 heavy (non-hydrogen) atoms. The Bertz CT molecular complexity index is 894. The van der Waals surface area contributed by atoms with Crippen LogP contribution in [-0.2, 0) is 6.61 Å². The van der Waals surface area contributed by atoms with Gasteiger partial charge in [-0.1, -0.05) is 0 Å². The van der Waals surface area contributed by atoms with Crippen molar-refractivity contribution in [1.82, 2.24) is 0 Å². The monoisotopic (exact) mass is 363 g/mol. The minimum Gasteiger partial charge on any atom is -0.489 e. The quantitative estimate of drug-likeness (QED) is 0.693. The topological polar surface area (TPSA) is 38.3 Å². The zero-order chi connectivity index (χ0) is 17.8. The van der Waals surface area contributed by atoms with Crippen LogP contribution in [0.5, 0.6) is 5.75 Å². The summed E-state index contributed by atoms with van der Waals surface area (Å²) >= 11 is 1.17. The first-order chi connectivity index (χ1) is 12.0. The number of carbonyl (C=O) groups is 1. The van der Waals surface area contributed by atoms with E-state index in [4.69, 9.17) is 4.74 Å². The van der Waals surface area contributed by atoms with Gasteiger partial charge in [0.2, 0.25) is 0 Å². The van der Waals surface area contributed by atoms with E-state index in [0.717, 1.165) is 17.7 Å². The van der Waals surface area contributed by atoms with E-state index in [0.29, 0.717) is 16.7 Å². The Balaban J connectivity index is 1.62. The van der Waals surface area contributed by atoms with Gasteiger partial charge in [0, 0.05) is 11.6 Å². The number of carbonyl (C=O) groups excluding carboxylic acids is 1. The summed E-state index contributed by atoms with van der Waals surface area (Å²) in [5, 5.41) is 4.13. The van der Waals surface area contributed by atoms with Crippen molar-refractivity contribution in [3.8, 4) is 5.75 Å². The number of amides is 1. The lowest BCUT2D eigenvalue weighted by Crippen LogP contribution is -2.11. The summed E-state index contributed by atoms with van der Waals surface area (Å²) < 4.78 is 44.8. The molecule has 1 aromatic heterocycles. The lowest BCUT2D eigenvalue weighted by Gasteiger charge is -2.05. The van der Waals surface area contributed by atoms with Gasteiger partial charge >= 0.3 is 0 Å². The van der Waals surface area contributed by atoms with Gasteiger partial charge in [-0.3, -0.25) is 4.79 Å². The van der Waals surface area contributed by atoms with E-state index in [1.165, 1.54) is 35.6 Å². The maximum Gasteiger partial charge on any atom is 0.265 e. The molecule has 0 fully saturated rings. The van der Waals surface area contributed by atoms with Gasteiger partial charge in [-0.2, -0.15) is 0 Å². The standard InChI is InChI=1S/C18H12F3NO2S/c19-12-1-4-14(5-2-12)24-9-11-7-17(25-10-11)18(23)22-16-6-3-13(20)8-15(16)21/h1-8,10H,9H2,(H,22,23). The molecular weight excluding hydrogens is 351 g/mol. The molecule has 3 aromatic rings. The fourth-order valence-electron chi connectivity index (χ4n) is 2.04. The Kier molecular flexibility index (Phi) is 5.04. The van der Waals surface area contributed by atoms with Crippen LogP contribution in [0, 0.1) is 17.5 Å². The summed E-state index contributed by atoms with van der Waals surface area (Å²) in [4.78, 5) is 12.5. The molecule has 0 saturated heterocycles. The maximum atomic E-state index is 13.6.